The van der Waals surface area contributed by atoms with Crippen LogP contribution >= 0.6 is 0 Å². The zero-order valence-electron chi connectivity index (χ0n) is 14.4. The van der Waals surface area contributed by atoms with Crippen LogP contribution in [0.25, 0.3) is 0 Å². The van der Waals surface area contributed by atoms with Crippen LogP contribution in [0.5, 0.6) is 0 Å². The van der Waals surface area contributed by atoms with Crippen molar-refractivity contribution >= 4 is 11.9 Å². The number of amides is 1. The topological polar surface area (TPSA) is 47.9 Å². The quantitative estimate of drug-likeness (QED) is 0.600. The average Bonchev–Trinajstić information content (AvgIpc) is 2.84. The van der Waals surface area contributed by atoms with Gasteiger partial charge in [0.05, 0.1) is 6.54 Å². The lowest BCUT2D eigenvalue weighted by atomic mass is 9.97. The summed E-state index contributed by atoms with van der Waals surface area (Å²) in [7, 11) is 3.57. The van der Waals surface area contributed by atoms with Crippen molar-refractivity contribution < 1.29 is 4.79 Å². The normalized spacial score (nSPS) is 19.2. The Morgan fingerprint density at radius 3 is 2.71 bits per heavy atom. The van der Waals surface area contributed by atoms with Crippen LogP contribution in [-0.2, 0) is 4.79 Å². The highest BCUT2D eigenvalue weighted by atomic mass is 16.2. The van der Waals surface area contributed by atoms with E-state index in [0.29, 0.717) is 13.0 Å². The molecule has 1 atom stereocenters. The van der Waals surface area contributed by atoms with E-state index in [2.05, 4.69) is 36.0 Å². The Balaban J connectivity index is 2.51. The minimum absolute atomic E-state index is 0.133. The number of carbonyl (C=O) groups is 1. The number of likely N-dealkylation sites (tertiary alicyclic amines) is 1. The number of hydrogen-bond acceptors (Lipinski definition) is 2. The van der Waals surface area contributed by atoms with E-state index in [9.17, 15) is 4.79 Å². The van der Waals surface area contributed by atoms with E-state index in [4.69, 9.17) is 0 Å². The monoisotopic (exact) mass is 296 g/mol. The molecule has 1 saturated heterocycles. The molecule has 1 rings (SSSR count). The fourth-order valence-electron chi connectivity index (χ4n) is 2.79. The van der Waals surface area contributed by atoms with E-state index in [-0.39, 0.29) is 5.91 Å². The number of rotatable bonds is 6. The number of aliphatic imine (C=N–C) groups is 1. The molecule has 1 unspecified atom stereocenters. The molecule has 5 heteroatoms. The molecule has 1 aliphatic rings. The standard InChI is InChI=1S/C16H32N4O/c1-6-17-16(18-9-7-15(21)19(4)5)20-10-8-14(12-20)11-13(2)3/h13-14H,6-12H2,1-5H3,(H,17,18). The first-order chi connectivity index (χ1) is 9.93. The van der Waals surface area contributed by atoms with Crippen molar-refractivity contribution in [3.63, 3.8) is 0 Å². The third-order valence-electron chi connectivity index (χ3n) is 3.81. The second-order valence-electron chi connectivity index (χ2n) is 6.50. The molecule has 0 saturated carbocycles. The summed E-state index contributed by atoms with van der Waals surface area (Å²) in [5.41, 5.74) is 0. The molecule has 1 aliphatic heterocycles. The van der Waals surface area contributed by atoms with Crippen LogP contribution in [0.3, 0.4) is 0 Å². The zero-order chi connectivity index (χ0) is 15.8. The molecule has 122 valence electrons. The number of guanidine groups is 1. The van der Waals surface area contributed by atoms with Crippen molar-refractivity contribution in [2.75, 3.05) is 40.3 Å². The summed E-state index contributed by atoms with van der Waals surface area (Å²) >= 11 is 0. The van der Waals surface area contributed by atoms with Gasteiger partial charge in [0.1, 0.15) is 0 Å². The lowest BCUT2D eigenvalue weighted by Crippen LogP contribution is -2.40. The van der Waals surface area contributed by atoms with Crippen molar-refractivity contribution in [3.8, 4) is 0 Å². The highest BCUT2D eigenvalue weighted by Gasteiger charge is 2.25. The molecule has 1 N–H and O–H groups in total. The Labute approximate surface area is 129 Å². The predicted molar refractivity (Wildman–Crippen MR) is 88.4 cm³/mol. The molecule has 0 radical (unpaired) electrons. The smallest absolute Gasteiger partial charge is 0.223 e. The summed E-state index contributed by atoms with van der Waals surface area (Å²) in [4.78, 5) is 20.2. The molecule has 1 heterocycles. The van der Waals surface area contributed by atoms with Gasteiger partial charge in [0.15, 0.2) is 5.96 Å². The van der Waals surface area contributed by atoms with Gasteiger partial charge in [-0.1, -0.05) is 13.8 Å². The van der Waals surface area contributed by atoms with Gasteiger partial charge in [-0.3, -0.25) is 9.79 Å². The van der Waals surface area contributed by atoms with Gasteiger partial charge < -0.3 is 15.1 Å². The third kappa shape index (κ3) is 6.36. The van der Waals surface area contributed by atoms with Crippen molar-refractivity contribution in [3.05, 3.63) is 0 Å². The van der Waals surface area contributed by atoms with Gasteiger partial charge in [0.25, 0.3) is 0 Å². The molecule has 0 aromatic heterocycles. The Hall–Kier alpha value is -1.26. The van der Waals surface area contributed by atoms with Crippen LogP contribution in [0.15, 0.2) is 4.99 Å². The van der Waals surface area contributed by atoms with Gasteiger partial charge in [0.2, 0.25) is 5.91 Å². The van der Waals surface area contributed by atoms with Crippen molar-refractivity contribution in [1.29, 1.82) is 0 Å². The highest BCUT2D eigenvalue weighted by molar-refractivity contribution is 5.81. The second kappa shape index (κ2) is 8.90. The van der Waals surface area contributed by atoms with Crippen molar-refractivity contribution in [1.82, 2.24) is 15.1 Å². The molecule has 0 spiro atoms. The average molecular weight is 296 g/mol. The van der Waals surface area contributed by atoms with Crippen LogP contribution in [0.2, 0.25) is 0 Å². The minimum Gasteiger partial charge on any atom is -0.357 e. The largest absolute Gasteiger partial charge is 0.357 e. The first kappa shape index (κ1) is 17.8. The van der Waals surface area contributed by atoms with E-state index in [1.165, 1.54) is 12.8 Å². The molecule has 0 aliphatic carbocycles. The number of hydrogen-bond donors (Lipinski definition) is 1. The first-order valence-corrected chi connectivity index (χ1v) is 8.17. The van der Waals surface area contributed by atoms with Gasteiger partial charge in [-0.2, -0.15) is 0 Å². The van der Waals surface area contributed by atoms with Gasteiger partial charge >= 0.3 is 0 Å². The maximum atomic E-state index is 11.6. The third-order valence-corrected chi connectivity index (χ3v) is 3.81. The summed E-state index contributed by atoms with van der Waals surface area (Å²) in [6.45, 7) is 10.2. The molecule has 1 amide bonds. The molecular formula is C16H32N4O. The van der Waals surface area contributed by atoms with Crippen LogP contribution in [0, 0.1) is 11.8 Å². The van der Waals surface area contributed by atoms with Gasteiger partial charge in [-0.25, -0.2) is 0 Å². The Morgan fingerprint density at radius 1 is 1.43 bits per heavy atom. The summed E-state index contributed by atoms with van der Waals surface area (Å²) < 4.78 is 0. The maximum Gasteiger partial charge on any atom is 0.223 e. The van der Waals surface area contributed by atoms with E-state index in [1.54, 1.807) is 19.0 Å². The second-order valence-corrected chi connectivity index (χ2v) is 6.50. The van der Waals surface area contributed by atoms with E-state index in [1.807, 2.05) is 0 Å². The molecular weight excluding hydrogens is 264 g/mol. The van der Waals surface area contributed by atoms with Crippen LogP contribution in [-0.4, -0.2) is 61.9 Å². The Kier molecular flexibility index (Phi) is 7.54. The fourth-order valence-corrected chi connectivity index (χ4v) is 2.79. The first-order valence-electron chi connectivity index (χ1n) is 8.17. The van der Waals surface area contributed by atoms with Crippen molar-refractivity contribution in [2.24, 2.45) is 16.8 Å². The number of carbonyl (C=O) groups excluding carboxylic acids is 1. The van der Waals surface area contributed by atoms with Crippen LogP contribution < -0.4 is 5.32 Å². The Morgan fingerprint density at radius 2 is 2.14 bits per heavy atom. The summed E-state index contributed by atoms with van der Waals surface area (Å²) in [6.07, 6.45) is 3.01. The molecule has 0 bridgehead atoms. The molecule has 0 aromatic carbocycles. The molecule has 0 aromatic rings. The maximum absolute atomic E-state index is 11.6. The lowest BCUT2D eigenvalue weighted by molar-refractivity contribution is -0.128. The minimum atomic E-state index is 0.133. The summed E-state index contributed by atoms with van der Waals surface area (Å²) in [6, 6.07) is 0. The van der Waals surface area contributed by atoms with Gasteiger partial charge in [0, 0.05) is 40.2 Å². The number of nitrogens with one attached hydrogen (secondary N) is 1. The van der Waals surface area contributed by atoms with E-state index < -0.39 is 0 Å². The Bertz CT molecular complexity index is 352. The fraction of sp³-hybridized carbons (Fsp3) is 0.875. The van der Waals surface area contributed by atoms with E-state index >= 15 is 0 Å². The molecule has 1 fully saturated rings. The summed E-state index contributed by atoms with van der Waals surface area (Å²) in [5.74, 6) is 2.63. The van der Waals surface area contributed by atoms with Gasteiger partial charge in [-0.15, -0.1) is 0 Å². The zero-order valence-corrected chi connectivity index (χ0v) is 14.4. The predicted octanol–water partition coefficient (Wildman–Crippen LogP) is 1.80. The van der Waals surface area contributed by atoms with Gasteiger partial charge in [-0.05, 0) is 31.6 Å². The van der Waals surface area contributed by atoms with Crippen LogP contribution in [0.4, 0.5) is 0 Å². The molecule has 21 heavy (non-hydrogen) atoms. The summed E-state index contributed by atoms with van der Waals surface area (Å²) in [5, 5.41) is 3.35. The van der Waals surface area contributed by atoms with E-state index in [0.717, 1.165) is 37.4 Å². The van der Waals surface area contributed by atoms with Crippen LogP contribution in [0.1, 0.15) is 40.0 Å². The van der Waals surface area contributed by atoms with Crippen molar-refractivity contribution in [2.45, 2.75) is 40.0 Å². The SMILES string of the molecule is CCNC(=NCCC(=O)N(C)C)N1CCC(CC(C)C)C1. The highest BCUT2D eigenvalue weighted by Crippen LogP contribution is 2.23. The molecule has 5 nitrogen and oxygen atoms in total. The lowest BCUT2D eigenvalue weighted by Gasteiger charge is -2.22. The number of nitrogens with zero attached hydrogens (tertiary/aromatic N) is 3.